The number of nitrogens with one attached hydrogen (secondary N) is 1. The molecule has 0 spiro atoms. The van der Waals surface area contributed by atoms with Gasteiger partial charge in [0.2, 0.25) is 0 Å². The first-order valence-corrected chi connectivity index (χ1v) is 6.51. The Labute approximate surface area is 121 Å². The first kappa shape index (κ1) is 14.3. The summed E-state index contributed by atoms with van der Waals surface area (Å²) in [6.45, 7) is 0. The van der Waals surface area contributed by atoms with Gasteiger partial charge < -0.3 is 0 Å². The van der Waals surface area contributed by atoms with Crippen LogP contribution in [0.15, 0.2) is 42.5 Å². The van der Waals surface area contributed by atoms with E-state index in [0.717, 1.165) is 11.1 Å². The summed E-state index contributed by atoms with van der Waals surface area (Å²) in [5.41, 5.74) is 4.44. The highest BCUT2D eigenvalue weighted by Gasteiger charge is 2.12. The molecule has 3 N–H and O–H groups in total. The van der Waals surface area contributed by atoms with E-state index >= 15 is 0 Å². The molecule has 0 radical (unpaired) electrons. The zero-order chi connectivity index (χ0) is 13.8. The third-order valence-electron chi connectivity index (χ3n) is 2.88. The fraction of sp³-hybridized carbons (Fsp3) is 0.143. The number of hydrazine groups is 1. The van der Waals surface area contributed by atoms with Crippen LogP contribution in [0.5, 0.6) is 0 Å². The van der Waals surface area contributed by atoms with E-state index in [-0.39, 0.29) is 11.9 Å². The van der Waals surface area contributed by atoms with E-state index < -0.39 is 0 Å². The summed E-state index contributed by atoms with van der Waals surface area (Å²) in [7, 11) is 0. The Balaban J connectivity index is 2.21. The lowest BCUT2D eigenvalue weighted by molar-refractivity contribution is 0.544. The molecule has 0 amide bonds. The van der Waals surface area contributed by atoms with Gasteiger partial charge in [0, 0.05) is 0 Å². The monoisotopic (exact) mass is 298 g/mol. The van der Waals surface area contributed by atoms with E-state index in [1.807, 2.05) is 12.1 Å². The van der Waals surface area contributed by atoms with Crippen LogP contribution in [0.3, 0.4) is 0 Å². The van der Waals surface area contributed by atoms with Gasteiger partial charge >= 0.3 is 0 Å². The highest BCUT2D eigenvalue weighted by atomic mass is 35.5. The Morgan fingerprint density at radius 3 is 2.53 bits per heavy atom. The molecular formula is C14H13Cl2FN2. The van der Waals surface area contributed by atoms with Gasteiger partial charge in [-0.05, 0) is 41.8 Å². The maximum Gasteiger partial charge on any atom is 0.123 e. The molecule has 1 atom stereocenters. The second-order valence-electron chi connectivity index (χ2n) is 4.23. The van der Waals surface area contributed by atoms with Crippen molar-refractivity contribution in [2.24, 2.45) is 5.84 Å². The molecule has 0 aliphatic heterocycles. The summed E-state index contributed by atoms with van der Waals surface area (Å²) < 4.78 is 13.2. The van der Waals surface area contributed by atoms with E-state index in [0.29, 0.717) is 16.5 Å². The average Bonchev–Trinajstić information content (AvgIpc) is 2.40. The van der Waals surface area contributed by atoms with Crippen LogP contribution in [0.25, 0.3) is 0 Å². The molecule has 100 valence electrons. The van der Waals surface area contributed by atoms with E-state index in [1.54, 1.807) is 18.2 Å². The molecule has 5 heteroatoms. The quantitative estimate of drug-likeness (QED) is 0.664. The minimum atomic E-state index is -0.285. The number of benzene rings is 2. The van der Waals surface area contributed by atoms with Gasteiger partial charge in [0.15, 0.2) is 0 Å². The Hall–Kier alpha value is -1.13. The second kappa shape index (κ2) is 6.35. The standard InChI is InChI=1S/C14H13Cl2FN2/c15-12-5-4-9(6-13(12)16)7-14(19-18)10-2-1-3-11(17)8-10/h1-6,8,14,19H,7,18H2. The predicted molar refractivity (Wildman–Crippen MR) is 76.6 cm³/mol. The van der Waals surface area contributed by atoms with Crippen molar-refractivity contribution < 1.29 is 4.39 Å². The molecule has 2 nitrogen and oxygen atoms in total. The van der Waals surface area contributed by atoms with E-state index in [1.165, 1.54) is 12.1 Å². The molecule has 19 heavy (non-hydrogen) atoms. The van der Waals surface area contributed by atoms with Crippen molar-refractivity contribution in [3.8, 4) is 0 Å². The topological polar surface area (TPSA) is 38.0 Å². The first-order chi connectivity index (χ1) is 9.10. The number of halogens is 3. The van der Waals surface area contributed by atoms with Crippen LogP contribution in [-0.4, -0.2) is 0 Å². The summed E-state index contributed by atoms with van der Waals surface area (Å²) in [6, 6.07) is 11.5. The first-order valence-electron chi connectivity index (χ1n) is 5.75. The van der Waals surface area contributed by atoms with Crippen molar-refractivity contribution in [1.82, 2.24) is 5.43 Å². The van der Waals surface area contributed by atoms with Crippen LogP contribution in [0.2, 0.25) is 10.0 Å². The van der Waals surface area contributed by atoms with E-state index in [9.17, 15) is 4.39 Å². The molecule has 0 fully saturated rings. The van der Waals surface area contributed by atoms with Crippen molar-refractivity contribution >= 4 is 23.2 Å². The summed E-state index contributed by atoms with van der Waals surface area (Å²) in [5, 5.41) is 1.00. The molecular weight excluding hydrogens is 286 g/mol. The van der Waals surface area contributed by atoms with Crippen molar-refractivity contribution in [1.29, 1.82) is 0 Å². The SMILES string of the molecule is NNC(Cc1ccc(Cl)c(Cl)c1)c1cccc(F)c1. The van der Waals surface area contributed by atoms with Crippen LogP contribution in [-0.2, 0) is 6.42 Å². The Bertz CT molecular complexity index is 575. The molecule has 0 aromatic heterocycles. The third kappa shape index (κ3) is 3.67. The van der Waals surface area contributed by atoms with Crippen LogP contribution < -0.4 is 11.3 Å². The maximum atomic E-state index is 13.2. The molecule has 2 aromatic rings. The van der Waals surface area contributed by atoms with Crippen LogP contribution in [0, 0.1) is 5.82 Å². The molecule has 0 saturated carbocycles. The lowest BCUT2D eigenvalue weighted by atomic mass is 9.99. The van der Waals surface area contributed by atoms with Crippen LogP contribution >= 0.6 is 23.2 Å². The van der Waals surface area contributed by atoms with Gasteiger partial charge in [-0.3, -0.25) is 11.3 Å². The van der Waals surface area contributed by atoms with Crippen LogP contribution in [0.4, 0.5) is 4.39 Å². The molecule has 0 saturated heterocycles. The van der Waals surface area contributed by atoms with E-state index in [4.69, 9.17) is 29.0 Å². The molecule has 2 rings (SSSR count). The highest BCUT2D eigenvalue weighted by Crippen LogP contribution is 2.25. The molecule has 1 unspecified atom stereocenters. The average molecular weight is 299 g/mol. The number of hydrogen-bond donors (Lipinski definition) is 2. The van der Waals surface area contributed by atoms with Gasteiger partial charge in [-0.25, -0.2) is 4.39 Å². The fourth-order valence-corrected chi connectivity index (χ4v) is 2.22. The van der Waals surface area contributed by atoms with Gasteiger partial charge in [-0.15, -0.1) is 0 Å². The van der Waals surface area contributed by atoms with Gasteiger partial charge in [-0.2, -0.15) is 0 Å². The van der Waals surface area contributed by atoms with Gasteiger partial charge in [0.25, 0.3) is 0 Å². The molecule has 0 bridgehead atoms. The van der Waals surface area contributed by atoms with Crippen molar-refractivity contribution in [3.05, 3.63) is 69.5 Å². The Kier molecular flexibility index (Phi) is 4.77. The maximum absolute atomic E-state index is 13.2. The van der Waals surface area contributed by atoms with Gasteiger partial charge in [-0.1, -0.05) is 41.4 Å². The highest BCUT2D eigenvalue weighted by molar-refractivity contribution is 6.42. The lowest BCUT2D eigenvalue weighted by Gasteiger charge is -2.16. The number of rotatable bonds is 4. The summed E-state index contributed by atoms with van der Waals surface area (Å²) in [5.74, 6) is 5.25. The normalized spacial score (nSPS) is 12.4. The molecule has 2 aromatic carbocycles. The lowest BCUT2D eigenvalue weighted by Crippen LogP contribution is -2.29. The molecule has 0 heterocycles. The minimum Gasteiger partial charge on any atom is -0.271 e. The second-order valence-corrected chi connectivity index (χ2v) is 5.04. The number of nitrogens with two attached hydrogens (primary N) is 1. The number of hydrogen-bond acceptors (Lipinski definition) is 2. The van der Waals surface area contributed by atoms with Gasteiger partial charge in [0.05, 0.1) is 16.1 Å². The van der Waals surface area contributed by atoms with Crippen molar-refractivity contribution in [3.63, 3.8) is 0 Å². The Morgan fingerprint density at radius 2 is 1.89 bits per heavy atom. The summed E-state index contributed by atoms with van der Waals surface area (Å²) >= 11 is 11.8. The zero-order valence-electron chi connectivity index (χ0n) is 10.0. The van der Waals surface area contributed by atoms with Crippen molar-refractivity contribution in [2.75, 3.05) is 0 Å². The van der Waals surface area contributed by atoms with Gasteiger partial charge in [0.1, 0.15) is 5.82 Å². The molecule has 0 aliphatic carbocycles. The zero-order valence-corrected chi connectivity index (χ0v) is 11.5. The fourth-order valence-electron chi connectivity index (χ4n) is 1.90. The smallest absolute Gasteiger partial charge is 0.123 e. The minimum absolute atomic E-state index is 0.187. The summed E-state index contributed by atoms with van der Waals surface area (Å²) in [6.07, 6.45) is 0.594. The van der Waals surface area contributed by atoms with E-state index in [2.05, 4.69) is 5.43 Å². The largest absolute Gasteiger partial charge is 0.271 e. The Morgan fingerprint density at radius 1 is 1.11 bits per heavy atom. The van der Waals surface area contributed by atoms with Crippen LogP contribution in [0.1, 0.15) is 17.2 Å². The third-order valence-corrected chi connectivity index (χ3v) is 3.62. The molecule has 0 aliphatic rings. The predicted octanol–water partition coefficient (Wildman–Crippen LogP) is 3.88. The van der Waals surface area contributed by atoms with Crippen molar-refractivity contribution in [2.45, 2.75) is 12.5 Å². The summed E-state index contributed by atoms with van der Waals surface area (Å²) in [4.78, 5) is 0.